The van der Waals surface area contributed by atoms with Crippen molar-refractivity contribution in [2.75, 3.05) is 14.2 Å². The van der Waals surface area contributed by atoms with Gasteiger partial charge in [-0.2, -0.15) is 0 Å². The molecule has 0 saturated heterocycles. The van der Waals surface area contributed by atoms with E-state index in [-0.39, 0.29) is 0 Å². The van der Waals surface area contributed by atoms with E-state index in [0.29, 0.717) is 5.54 Å². The van der Waals surface area contributed by atoms with Crippen LogP contribution >= 0.6 is 0 Å². The quantitative estimate of drug-likeness (QED) is 0.539. The molecule has 1 saturated carbocycles. The zero-order chi connectivity index (χ0) is 12.0. The van der Waals surface area contributed by atoms with Gasteiger partial charge < -0.3 is 8.85 Å². The van der Waals surface area contributed by atoms with E-state index in [1.54, 1.807) is 0 Å². The third kappa shape index (κ3) is 3.57. The van der Waals surface area contributed by atoms with Crippen LogP contribution in [0.15, 0.2) is 0 Å². The van der Waals surface area contributed by atoms with Crippen LogP contribution in [0.1, 0.15) is 52.4 Å². The Labute approximate surface area is 102 Å². The topological polar surface area (TPSA) is 18.5 Å². The summed E-state index contributed by atoms with van der Waals surface area (Å²) >= 11 is 0. The third-order valence-corrected chi connectivity index (χ3v) is 7.63. The lowest BCUT2D eigenvalue weighted by Crippen LogP contribution is -2.46. The summed E-state index contributed by atoms with van der Waals surface area (Å²) in [5, 5.41) is 0. The van der Waals surface area contributed by atoms with Crippen LogP contribution in [0.25, 0.3) is 0 Å². The molecule has 95 valence electrons. The van der Waals surface area contributed by atoms with Crippen LogP contribution in [-0.4, -0.2) is 22.8 Å². The Morgan fingerprint density at radius 3 is 1.88 bits per heavy atom. The van der Waals surface area contributed by atoms with E-state index in [4.69, 9.17) is 8.85 Å². The molecule has 0 aromatic carbocycles. The SMILES string of the molecule is CO[Si]([CH]C1CCCCCC1)(OC)C(C)C. The van der Waals surface area contributed by atoms with Gasteiger partial charge in [-0.15, -0.1) is 0 Å². The molecule has 0 N–H and O–H groups in total. The second-order valence-electron chi connectivity index (χ2n) is 5.20. The van der Waals surface area contributed by atoms with Gasteiger partial charge in [-0.25, -0.2) is 0 Å². The van der Waals surface area contributed by atoms with Crippen molar-refractivity contribution in [1.82, 2.24) is 0 Å². The fourth-order valence-corrected chi connectivity index (χ4v) is 5.45. The van der Waals surface area contributed by atoms with Crippen LogP contribution < -0.4 is 0 Å². The molecule has 1 rings (SSSR count). The van der Waals surface area contributed by atoms with E-state index in [1.807, 2.05) is 14.2 Å². The fourth-order valence-electron chi connectivity index (χ4n) is 2.69. The first kappa shape index (κ1) is 14.2. The van der Waals surface area contributed by atoms with Gasteiger partial charge in [0.15, 0.2) is 0 Å². The maximum atomic E-state index is 5.75. The molecule has 1 fully saturated rings. The molecule has 0 aliphatic heterocycles. The first-order chi connectivity index (χ1) is 7.64. The zero-order valence-electron chi connectivity index (χ0n) is 11.3. The van der Waals surface area contributed by atoms with E-state index in [0.717, 1.165) is 5.92 Å². The van der Waals surface area contributed by atoms with E-state index < -0.39 is 8.56 Å². The van der Waals surface area contributed by atoms with Crippen molar-refractivity contribution in [3.8, 4) is 0 Å². The normalized spacial score (nSPS) is 20.1. The minimum Gasteiger partial charge on any atom is -0.397 e. The summed E-state index contributed by atoms with van der Waals surface area (Å²) in [5.74, 6) is 0.719. The van der Waals surface area contributed by atoms with E-state index >= 15 is 0 Å². The highest BCUT2D eigenvalue weighted by molar-refractivity contribution is 6.72. The molecule has 1 aliphatic carbocycles. The summed E-state index contributed by atoms with van der Waals surface area (Å²) in [5.41, 5.74) is 0.491. The highest BCUT2D eigenvalue weighted by Gasteiger charge is 2.41. The smallest absolute Gasteiger partial charge is 0.343 e. The van der Waals surface area contributed by atoms with Crippen molar-refractivity contribution in [2.45, 2.75) is 57.9 Å². The Hall–Kier alpha value is 0.137. The minimum atomic E-state index is -2.06. The summed E-state index contributed by atoms with van der Waals surface area (Å²) in [6.45, 7) is 4.43. The van der Waals surface area contributed by atoms with Crippen LogP contribution in [0, 0.1) is 12.0 Å². The van der Waals surface area contributed by atoms with Gasteiger partial charge in [0.1, 0.15) is 0 Å². The molecular weight excluding hydrogens is 216 g/mol. The van der Waals surface area contributed by atoms with Crippen molar-refractivity contribution in [3.05, 3.63) is 6.04 Å². The fraction of sp³-hybridized carbons (Fsp3) is 0.923. The average Bonchev–Trinajstić information content (AvgIpc) is 2.54. The second kappa shape index (κ2) is 6.77. The van der Waals surface area contributed by atoms with E-state index in [2.05, 4.69) is 19.9 Å². The molecule has 0 aromatic rings. The van der Waals surface area contributed by atoms with Crippen LogP contribution in [0.3, 0.4) is 0 Å². The van der Waals surface area contributed by atoms with Gasteiger partial charge >= 0.3 is 8.56 Å². The standard InChI is InChI=1S/C13H27O2Si/c1-12(2)16(14-3,15-4)11-13-9-7-5-6-8-10-13/h11-13H,5-10H2,1-4H3. The van der Waals surface area contributed by atoms with Crippen molar-refractivity contribution >= 4 is 8.56 Å². The molecule has 0 atom stereocenters. The lowest BCUT2D eigenvalue weighted by molar-refractivity contribution is 0.235. The minimum absolute atomic E-state index is 0.491. The molecule has 3 heteroatoms. The van der Waals surface area contributed by atoms with Crippen LogP contribution in [-0.2, 0) is 8.85 Å². The van der Waals surface area contributed by atoms with Crippen LogP contribution in [0.5, 0.6) is 0 Å². The molecule has 2 nitrogen and oxygen atoms in total. The summed E-state index contributed by atoms with van der Waals surface area (Å²) < 4.78 is 11.5. The first-order valence-electron chi connectivity index (χ1n) is 6.61. The molecule has 1 radical (unpaired) electrons. The molecule has 0 bridgehead atoms. The predicted octanol–water partition coefficient (Wildman–Crippen LogP) is 3.85. The van der Waals surface area contributed by atoms with Gasteiger partial charge in [-0.05, 0) is 11.5 Å². The van der Waals surface area contributed by atoms with E-state index in [1.165, 1.54) is 38.5 Å². The Morgan fingerprint density at radius 1 is 1.00 bits per heavy atom. The van der Waals surface area contributed by atoms with Crippen LogP contribution in [0.4, 0.5) is 0 Å². The number of hydrogen-bond acceptors (Lipinski definition) is 2. The molecular formula is C13H27O2Si. The summed E-state index contributed by atoms with van der Waals surface area (Å²) in [6.07, 6.45) is 8.21. The molecule has 0 aromatic heterocycles. The Kier molecular flexibility index (Phi) is 6.01. The predicted molar refractivity (Wildman–Crippen MR) is 70.4 cm³/mol. The molecule has 0 spiro atoms. The summed E-state index contributed by atoms with van der Waals surface area (Å²) in [4.78, 5) is 0. The van der Waals surface area contributed by atoms with Crippen molar-refractivity contribution in [1.29, 1.82) is 0 Å². The summed E-state index contributed by atoms with van der Waals surface area (Å²) in [6, 6.07) is 2.45. The van der Waals surface area contributed by atoms with Crippen molar-refractivity contribution in [2.24, 2.45) is 5.92 Å². The lowest BCUT2D eigenvalue weighted by atomic mass is 10.0. The van der Waals surface area contributed by atoms with Gasteiger partial charge in [0, 0.05) is 20.3 Å². The molecule has 0 unspecified atom stereocenters. The third-order valence-electron chi connectivity index (χ3n) is 3.81. The largest absolute Gasteiger partial charge is 0.397 e. The average molecular weight is 243 g/mol. The van der Waals surface area contributed by atoms with Gasteiger partial charge in [0.05, 0.1) is 0 Å². The first-order valence-corrected chi connectivity index (χ1v) is 8.58. The van der Waals surface area contributed by atoms with Gasteiger partial charge in [0.25, 0.3) is 0 Å². The van der Waals surface area contributed by atoms with Gasteiger partial charge in [-0.1, -0.05) is 52.4 Å². The van der Waals surface area contributed by atoms with Crippen LogP contribution in [0.2, 0.25) is 5.54 Å². The van der Waals surface area contributed by atoms with Crippen molar-refractivity contribution in [3.63, 3.8) is 0 Å². The zero-order valence-corrected chi connectivity index (χ0v) is 12.3. The molecule has 1 aliphatic rings. The Bertz CT molecular complexity index is 182. The van der Waals surface area contributed by atoms with E-state index in [9.17, 15) is 0 Å². The lowest BCUT2D eigenvalue weighted by Gasteiger charge is -2.33. The molecule has 0 amide bonds. The van der Waals surface area contributed by atoms with Gasteiger partial charge in [-0.3, -0.25) is 0 Å². The Morgan fingerprint density at radius 2 is 1.50 bits per heavy atom. The monoisotopic (exact) mass is 243 g/mol. The maximum absolute atomic E-state index is 5.75. The maximum Gasteiger partial charge on any atom is 0.343 e. The second-order valence-corrected chi connectivity index (χ2v) is 8.95. The highest BCUT2D eigenvalue weighted by Crippen LogP contribution is 2.33. The highest BCUT2D eigenvalue weighted by atomic mass is 28.4. The number of hydrogen-bond donors (Lipinski definition) is 0. The van der Waals surface area contributed by atoms with Gasteiger partial charge in [0.2, 0.25) is 0 Å². The molecule has 0 heterocycles. The number of rotatable bonds is 5. The van der Waals surface area contributed by atoms with Crippen molar-refractivity contribution < 1.29 is 8.85 Å². The molecule has 16 heavy (non-hydrogen) atoms. The summed E-state index contributed by atoms with van der Waals surface area (Å²) in [7, 11) is 1.56. The Balaban J connectivity index is 2.58.